The number of aryl methyl sites for hydroxylation is 1. The van der Waals surface area contributed by atoms with E-state index in [2.05, 4.69) is 32.4 Å². The van der Waals surface area contributed by atoms with Gasteiger partial charge in [-0.1, -0.05) is 6.92 Å². The molecule has 2 heterocycles. The second-order valence-electron chi connectivity index (χ2n) is 2.73. The molecule has 0 saturated heterocycles. The summed E-state index contributed by atoms with van der Waals surface area (Å²) in [5, 5.41) is 11.0. The molecule has 0 saturated carbocycles. The van der Waals surface area contributed by atoms with Gasteiger partial charge in [0.25, 0.3) is 0 Å². The number of hydrogen-bond donors (Lipinski definition) is 2. The number of aromatic nitrogens is 4. The molecule has 0 spiro atoms. The fraction of sp³-hybridized carbons (Fsp3) is 0.375. The second-order valence-corrected chi connectivity index (χ2v) is 2.73. The van der Waals surface area contributed by atoms with Crippen molar-refractivity contribution < 1.29 is 0 Å². The Morgan fingerprint density at radius 1 is 1.46 bits per heavy atom. The van der Waals surface area contributed by atoms with Gasteiger partial charge in [-0.2, -0.15) is 5.10 Å². The number of nitrogens with one attached hydrogen (secondary N) is 2. The fourth-order valence-electron chi connectivity index (χ4n) is 1.36. The molecular weight excluding hydrogens is 166 g/mol. The molecule has 2 rings (SSSR count). The van der Waals surface area contributed by atoms with Gasteiger partial charge in [-0.05, 0) is 6.42 Å². The number of nitrogens with zero attached hydrogens (tertiary/aromatic N) is 3. The van der Waals surface area contributed by atoms with Crippen molar-refractivity contribution in [3.05, 3.63) is 12.0 Å². The molecule has 68 valence electrons. The van der Waals surface area contributed by atoms with Crippen LogP contribution in [0.1, 0.15) is 12.6 Å². The highest BCUT2D eigenvalue weighted by Gasteiger charge is 2.09. The minimum atomic E-state index is 0.719. The first-order chi connectivity index (χ1) is 6.36. The SMILES string of the molecule is CCc1[nH]nc2ncnc(NC)c12. The molecule has 0 fully saturated rings. The quantitative estimate of drug-likeness (QED) is 0.717. The van der Waals surface area contributed by atoms with Crippen LogP contribution in [0.2, 0.25) is 0 Å². The van der Waals surface area contributed by atoms with Crippen LogP contribution in [-0.4, -0.2) is 27.2 Å². The highest BCUT2D eigenvalue weighted by Crippen LogP contribution is 2.20. The van der Waals surface area contributed by atoms with Crippen molar-refractivity contribution in [2.75, 3.05) is 12.4 Å². The number of rotatable bonds is 2. The van der Waals surface area contributed by atoms with Crippen LogP contribution in [0.5, 0.6) is 0 Å². The molecule has 0 aliphatic heterocycles. The average Bonchev–Trinajstić information content (AvgIpc) is 2.60. The molecule has 0 atom stereocenters. The molecule has 13 heavy (non-hydrogen) atoms. The fourth-order valence-corrected chi connectivity index (χ4v) is 1.36. The second kappa shape index (κ2) is 3.01. The van der Waals surface area contributed by atoms with E-state index in [9.17, 15) is 0 Å². The Kier molecular flexibility index (Phi) is 1.84. The van der Waals surface area contributed by atoms with E-state index in [1.165, 1.54) is 6.33 Å². The zero-order valence-electron chi connectivity index (χ0n) is 7.63. The number of H-pyrrole nitrogens is 1. The van der Waals surface area contributed by atoms with Crippen molar-refractivity contribution in [2.45, 2.75) is 13.3 Å². The van der Waals surface area contributed by atoms with Crippen molar-refractivity contribution in [1.29, 1.82) is 0 Å². The monoisotopic (exact) mass is 177 g/mol. The maximum atomic E-state index is 4.12. The first-order valence-corrected chi connectivity index (χ1v) is 4.22. The van der Waals surface area contributed by atoms with Gasteiger partial charge in [0.2, 0.25) is 0 Å². The lowest BCUT2D eigenvalue weighted by Gasteiger charge is -1.99. The number of aromatic amines is 1. The molecule has 5 nitrogen and oxygen atoms in total. The van der Waals surface area contributed by atoms with E-state index < -0.39 is 0 Å². The Morgan fingerprint density at radius 2 is 2.31 bits per heavy atom. The van der Waals surface area contributed by atoms with Gasteiger partial charge in [0, 0.05) is 12.7 Å². The van der Waals surface area contributed by atoms with Gasteiger partial charge in [0.1, 0.15) is 12.1 Å². The number of hydrogen-bond acceptors (Lipinski definition) is 4. The highest BCUT2D eigenvalue weighted by molar-refractivity contribution is 5.88. The summed E-state index contributed by atoms with van der Waals surface area (Å²) >= 11 is 0. The Bertz CT molecular complexity index is 419. The predicted octanol–water partition coefficient (Wildman–Crippen LogP) is 0.957. The number of anilines is 1. The maximum absolute atomic E-state index is 4.12. The van der Waals surface area contributed by atoms with E-state index >= 15 is 0 Å². The molecule has 0 bridgehead atoms. The summed E-state index contributed by atoms with van der Waals surface area (Å²) in [4.78, 5) is 8.19. The molecule has 0 amide bonds. The maximum Gasteiger partial charge on any atom is 0.186 e. The van der Waals surface area contributed by atoms with Crippen molar-refractivity contribution in [3.8, 4) is 0 Å². The molecular formula is C8H11N5. The molecule has 2 N–H and O–H groups in total. The van der Waals surface area contributed by atoms with Crippen LogP contribution in [0.4, 0.5) is 5.82 Å². The Hall–Kier alpha value is -1.65. The summed E-state index contributed by atoms with van der Waals surface area (Å²) in [6.07, 6.45) is 2.41. The summed E-state index contributed by atoms with van der Waals surface area (Å²) in [5.74, 6) is 0.829. The van der Waals surface area contributed by atoms with E-state index in [0.717, 1.165) is 29.0 Å². The Labute approximate surface area is 75.6 Å². The first-order valence-electron chi connectivity index (χ1n) is 4.22. The third-order valence-corrected chi connectivity index (χ3v) is 2.02. The summed E-state index contributed by atoms with van der Waals surface area (Å²) in [6, 6.07) is 0. The van der Waals surface area contributed by atoms with Crippen LogP contribution in [0, 0.1) is 0 Å². The van der Waals surface area contributed by atoms with E-state index in [1.807, 2.05) is 7.05 Å². The minimum Gasteiger partial charge on any atom is -0.372 e. The zero-order chi connectivity index (χ0) is 9.26. The largest absolute Gasteiger partial charge is 0.372 e. The van der Waals surface area contributed by atoms with Gasteiger partial charge in [-0.25, -0.2) is 9.97 Å². The lowest BCUT2D eigenvalue weighted by molar-refractivity contribution is 0.983. The van der Waals surface area contributed by atoms with Gasteiger partial charge >= 0.3 is 0 Å². The Balaban J connectivity index is 2.76. The lowest BCUT2D eigenvalue weighted by atomic mass is 10.2. The Morgan fingerprint density at radius 3 is 3.00 bits per heavy atom. The topological polar surface area (TPSA) is 66.5 Å². The number of fused-ring (bicyclic) bond motifs is 1. The van der Waals surface area contributed by atoms with E-state index in [1.54, 1.807) is 0 Å². The summed E-state index contributed by atoms with van der Waals surface area (Å²) in [7, 11) is 1.84. The molecule has 0 aliphatic rings. The molecule has 0 aromatic carbocycles. The van der Waals surface area contributed by atoms with Gasteiger partial charge < -0.3 is 5.32 Å². The van der Waals surface area contributed by atoms with Crippen LogP contribution in [0.15, 0.2) is 6.33 Å². The van der Waals surface area contributed by atoms with Crippen molar-refractivity contribution in [1.82, 2.24) is 20.2 Å². The van der Waals surface area contributed by atoms with Gasteiger partial charge in [-0.3, -0.25) is 5.10 Å². The summed E-state index contributed by atoms with van der Waals surface area (Å²) in [6.45, 7) is 2.07. The third kappa shape index (κ3) is 1.12. The van der Waals surface area contributed by atoms with Crippen LogP contribution in [0.25, 0.3) is 11.0 Å². The normalized spacial score (nSPS) is 10.6. The van der Waals surface area contributed by atoms with Gasteiger partial charge in [0.05, 0.1) is 5.39 Å². The standard InChI is InChI=1S/C8H11N5/c1-3-5-6-7(9-2)10-4-11-8(6)13-12-5/h4H,3H2,1-2H3,(H2,9,10,11,12,13). The van der Waals surface area contributed by atoms with Crippen LogP contribution in [0.3, 0.4) is 0 Å². The van der Waals surface area contributed by atoms with E-state index in [4.69, 9.17) is 0 Å². The van der Waals surface area contributed by atoms with Gasteiger partial charge in [-0.15, -0.1) is 0 Å². The predicted molar refractivity (Wildman–Crippen MR) is 50.6 cm³/mol. The smallest absolute Gasteiger partial charge is 0.186 e. The van der Waals surface area contributed by atoms with Crippen LogP contribution < -0.4 is 5.32 Å². The van der Waals surface area contributed by atoms with Crippen molar-refractivity contribution >= 4 is 16.9 Å². The zero-order valence-corrected chi connectivity index (χ0v) is 7.63. The third-order valence-electron chi connectivity index (χ3n) is 2.02. The summed E-state index contributed by atoms with van der Waals surface area (Å²) < 4.78 is 0. The first kappa shape index (κ1) is 7.97. The van der Waals surface area contributed by atoms with Crippen LogP contribution >= 0.6 is 0 Å². The molecule has 0 radical (unpaired) electrons. The molecule has 5 heteroatoms. The average molecular weight is 177 g/mol. The lowest BCUT2D eigenvalue weighted by Crippen LogP contribution is -1.94. The van der Waals surface area contributed by atoms with Gasteiger partial charge in [0.15, 0.2) is 5.65 Å². The highest BCUT2D eigenvalue weighted by atomic mass is 15.2. The van der Waals surface area contributed by atoms with E-state index in [-0.39, 0.29) is 0 Å². The molecule has 0 unspecified atom stereocenters. The van der Waals surface area contributed by atoms with E-state index in [0.29, 0.717) is 0 Å². The summed E-state index contributed by atoms with van der Waals surface area (Å²) in [5.41, 5.74) is 1.79. The molecule has 0 aliphatic carbocycles. The van der Waals surface area contributed by atoms with Crippen molar-refractivity contribution in [3.63, 3.8) is 0 Å². The molecule has 2 aromatic heterocycles. The van der Waals surface area contributed by atoms with Crippen LogP contribution in [-0.2, 0) is 6.42 Å². The minimum absolute atomic E-state index is 0.719. The molecule has 2 aromatic rings. The van der Waals surface area contributed by atoms with Crippen molar-refractivity contribution in [2.24, 2.45) is 0 Å².